The van der Waals surface area contributed by atoms with Crippen LogP contribution >= 0.6 is 11.8 Å². The third-order valence-electron chi connectivity index (χ3n) is 2.78. The molecule has 1 aromatic carbocycles. The zero-order valence-electron chi connectivity index (χ0n) is 10.6. The van der Waals surface area contributed by atoms with Gasteiger partial charge in [0.05, 0.1) is 11.5 Å². The topological polar surface area (TPSA) is 95.5 Å². The van der Waals surface area contributed by atoms with Gasteiger partial charge in [0, 0.05) is 17.8 Å². The molecule has 0 saturated carbocycles. The maximum atomic E-state index is 11.7. The molecule has 3 N–H and O–H groups in total. The molecule has 1 heterocycles. The maximum absolute atomic E-state index is 11.7. The lowest BCUT2D eigenvalue weighted by Crippen LogP contribution is -2.31. The number of carbonyl (C=O) groups is 3. The van der Waals surface area contributed by atoms with Crippen LogP contribution in [0.25, 0.3) is 0 Å². The van der Waals surface area contributed by atoms with Crippen LogP contribution in [-0.4, -0.2) is 40.9 Å². The first kappa shape index (κ1) is 14.4. The average molecular weight is 294 g/mol. The highest BCUT2D eigenvalue weighted by atomic mass is 32.2. The fourth-order valence-electron chi connectivity index (χ4n) is 1.92. The summed E-state index contributed by atoms with van der Waals surface area (Å²) in [5, 5.41) is 13.9. The van der Waals surface area contributed by atoms with E-state index >= 15 is 0 Å². The van der Waals surface area contributed by atoms with Crippen molar-refractivity contribution in [2.45, 2.75) is 6.42 Å². The van der Waals surface area contributed by atoms with Crippen LogP contribution in [0.4, 0.5) is 5.69 Å². The number of nitrogens with one attached hydrogen (secondary N) is 2. The molecule has 2 rings (SSSR count). The zero-order chi connectivity index (χ0) is 14.5. The van der Waals surface area contributed by atoms with E-state index in [-0.39, 0.29) is 23.3 Å². The summed E-state index contributed by atoms with van der Waals surface area (Å²) in [7, 11) is 0. The van der Waals surface area contributed by atoms with E-state index in [1.54, 1.807) is 12.1 Å². The van der Waals surface area contributed by atoms with Gasteiger partial charge in [-0.2, -0.15) is 0 Å². The fraction of sp³-hybridized carbons (Fsp3) is 0.308. The number of fused-ring (bicyclic) bond motifs is 1. The van der Waals surface area contributed by atoms with E-state index in [4.69, 9.17) is 5.11 Å². The van der Waals surface area contributed by atoms with Gasteiger partial charge in [-0.3, -0.25) is 14.4 Å². The zero-order valence-corrected chi connectivity index (χ0v) is 11.5. The molecule has 1 aliphatic heterocycles. The van der Waals surface area contributed by atoms with E-state index < -0.39 is 5.97 Å². The monoisotopic (exact) mass is 294 g/mol. The predicted octanol–water partition coefficient (Wildman–Crippen LogP) is 0.729. The number of benzene rings is 1. The summed E-state index contributed by atoms with van der Waals surface area (Å²) in [4.78, 5) is 33.6. The molecule has 106 valence electrons. The van der Waals surface area contributed by atoms with Gasteiger partial charge in [-0.1, -0.05) is 6.07 Å². The third kappa shape index (κ3) is 3.74. The number of carbonyl (C=O) groups excluding carboxylic acids is 2. The lowest BCUT2D eigenvalue weighted by atomic mass is 10.00. The van der Waals surface area contributed by atoms with Gasteiger partial charge in [-0.25, -0.2) is 0 Å². The van der Waals surface area contributed by atoms with Gasteiger partial charge in [0.1, 0.15) is 0 Å². The maximum Gasteiger partial charge on any atom is 0.313 e. The Hall–Kier alpha value is -2.02. The van der Waals surface area contributed by atoms with E-state index in [0.29, 0.717) is 17.8 Å². The number of rotatable bonds is 5. The molecule has 2 amide bonds. The lowest BCUT2D eigenvalue weighted by molar-refractivity contribution is -0.133. The number of carboxylic acids is 1. The Kier molecular flexibility index (Phi) is 4.62. The number of hydrogen-bond acceptors (Lipinski definition) is 4. The average Bonchev–Trinajstić information content (AvgIpc) is 2.39. The Morgan fingerprint density at radius 3 is 2.90 bits per heavy atom. The molecule has 0 spiro atoms. The minimum absolute atomic E-state index is 0.0651. The first-order chi connectivity index (χ1) is 9.56. The Morgan fingerprint density at radius 2 is 2.15 bits per heavy atom. The summed E-state index contributed by atoms with van der Waals surface area (Å²) in [5.41, 5.74) is 2.08. The second-order valence-electron chi connectivity index (χ2n) is 4.31. The van der Waals surface area contributed by atoms with Crippen molar-refractivity contribution >= 4 is 35.2 Å². The number of anilines is 1. The van der Waals surface area contributed by atoms with E-state index in [1.165, 1.54) is 0 Å². The number of aliphatic carboxylic acids is 1. The van der Waals surface area contributed by atoms with Crippen LogP contribution in [0.15, 0.2) is 18.2 Å². The van der Waals surface area contributed by atoms with Crippen molar-refractivity contribution in [3.63, 3.8) is 0 Å². The lowest BCUT2D eigenvalue weighted by Gasteiger charge is -2.17. The molecule has 0 fully saturated rings. The molecule has 0 atom stereocenters. The van der Waals surface area contributed by atoms with Crippen molar-refractivity contribution in [2.24, 2.45) is 0 Å². The molecule has 1 aromatic rings. The number of hydrogen-bond donors (Lipinski definition) is 3. The van der Waals surface area contributed by atoms with Gasteiger partial charge >= 0.3 is 5.97 Å². The number of amides is 2. The van der Waals surface area contributed by atoms with Gasteiger partial charge in [-0.05, 0) is 24.1 Å². The second-order valence-corrected chi connectivity index (χ2v) is 5.30. The molecule has 0 bridgehead atoms. The van der Waals surface area contributed by atoms with Gasteiger partial charge in [0.25, 0.3) is 5.91 Å². The first-order valence-corrected chi connectivity index (χ1v) is 7.22. The molecule has 7 heteroatoms. The summed E-state index contributed by atoms with van der Waals surface area (Å²) in [6.45, 7) is 0.628. The van der Waals surface area contributed by atoms with Crippen molar-refractivity contribution in [1.82, 2.24) is 5.32 Å². The van der Waals surface area contributed by atoms with Crippen LogP contribution < -0.4 is 10.6 Å². The van der Waals surface area contributed by atoms with E-state index in [9.17, 15) is 14.4 Å². The van der Waals surface area contributed by atoms with E-state index in [2.05, 4.69) is 10.6 Å². The molecule has 20 heavy (non-hydrogen) atoms. The Balaban J connectivity index is 1.96. The van der Waals surface area contributed by atoms with Crippen LogP contribution in [0.2, 0.25) is 0 Å². The minimum atomic E-state index is -0.951. The highest BCUT2D eigenvalue weighted by Gasteiger charge is 2.17. The molecule has 0 aliphatic carbocycles. The summed E-state index contributed by atoms with van der Waals surface area (Å²) in [6.07, 6.45) is 0.782. The quantitative estimate of drug-likeness (QED) is 0.744. The molecular formula is C13H14N2O4S. The van der Waals surface area contributed by atoms with Crippen LogP contribution in [0.1, 0.15) is 15.9 Å². The minimum Gasteiger partial charge on any atom is -0.481 e. The first-order valence-electron chi connectivity index (χ1n) is 6.07. The molecular weight excluding hydrogens is 280 g/mol. The van der Waals surface area contributed by atoms with Crippen molar-refractivity contribution in [1.29, 1.82) is 0 Å². The predicted molar refractivity (Wildman–Crippen MR) is 76.1 cm³/mol. The Labute approximate surface area is 119 Å². The molecule has 0 radical (unpaired) electrons. The van der Waals surface area contributed by atoms with Gasteiger partial charge < -0.3 is 15.7 Å². The van der Waals surface area contributed by atoms with Crippen LogP contribution in [0.5, 0.6) is 0 Å². The largest absolute Gasteiger partial charge is 0.481 e. The SMILES string of the molecule is O=C(O)CSCC(=O)Nc1ccc2c(c1)C(=O)NCC2. The van der Waals surface area contributed by atoms with E-state index in [0.717, 1.165) is 23.7 Å². The second kappa shape index (κ2) is 6.42. The van der Waals surface area contributed by atoms with Gasteiger partial charge in [-0.15, -0.1) is 11.8 Å². The standard InChI is InChI=1S/C13H14N2O4S/c16-11(6-20-7-12(17)18)15-9-2-1-8-3-4-14-13(19)10(8)5-9/h1-2,5H,3-4,6-7H2,(H,14,19)(H,15,16)(H,17,18). The number of carboxylic acid groups (broad SMARTS) is 1. The molecule has 0 unspecified atom stereocenters. The summed E-state index contributed by atoms with van der Waals surface area (Å²) < 4.78 is 0. The van der Waals surface area contributed by atoms with Crippen molar-refractivity contribution in [3.8, 4) is 0 Å². The highest BCUT2D eigenvalue weighted by molar-refractivity contribution is 8.00. The van der Waals surface area contributed by atoms with E-state index in [1.807, 2.05) is 6.07 Å². The normalized spacial score (nSPS) is 13.3. The summed E-state index contributed by atoms with van der Waals surface area (Å²) in [5.74, 6) is -1.42. The van der Waals surface area contributed by atoms with Crippen molar-refractivity contribution in [3.05, 3.63) is 29.3 Å². The highest BCUT2D eigenvalue weighted by Crippen LogP contribution is 2.19. The Morgan fingerprint density at radius 1 is 1.35 bits per heavy atom. The van der Waals surface area contributed by atoms with Crippen LogP contribution in [0, 0.1) is 0 Å². The molecule has 1 aliphatic rings. The van der Waals surface area contributed by atoms with Crippen molar-refractivity contribution in [2.75, 3.05) is 23.4 Å². The summed E-state index contributed by atoms with van der Waals surface area (Å²) in [6, 6.07) is 5.22. The fourth-order valence-corrected chi connectivity index (χ4v) is 2.45. The molecule has 0 saturated heterocycles. The third-order valence-corrected chi connectivity index (χ3v) is 3.69. The smallest absolute Gasteiger partial charge is 0.313 e. The van der Waals surface area contributed by atoms with Crippen molar-refractivity contribution < 1.29 is 19.5 Å². The number of thioether (sulfide) groups is 1. The molecule has 0 aromatic heterocycles. The van der Waals surface area contributed by atoms with Gasteiger partial charge in [0.2, 0.25) is 5.91 Å². The Bertz CT molecular complexity index is 559. The van der Waals surface area contributed by atoms with Gasteiger partial charge in [0.15, 0.2) is 0 Å². The van der Waals surface area contributed by atoms with Crippen LogP contribution in [0.3, 0.4) is 0 Å². The van der Waals surface area contributed by atoms with Crippen LogP contribution in [-0.2, 0) is 16.0 Å². The molecule has 6 nitrogen and oxygen atoms in total. The summed E-state index contributed by atoms with van der Waals surface area (Å²) >= 11 is 1.03.